The first kappa shape index (κ1) is 18.4. The first-order valence-corrected chi connectivity index (χ1v) is 10.4. The van der Waals surface area contributed by atoms with E-state index in [-0.39, 0.29) is 29.6 Å². The molecule has 3 saturated heterocycles. The summed E-state index contributed by atoms with van der Waals surface area (Å²) in [6.45, 7) is 3.50. The quantitative estimate of drug-likeness (QED) is 0.567. The Hall–Kier alpha value is -3.32. The molecule has 0 aliphatic carbocycles. The third-order valence-corrected chi connectivity index (χ3v) is 6.92. The fourth-order valence-corrected chi connectivity index (χ4v) is 5.42. The summed E-state index contributed by atoms with van der Waals surface area (Å²) in [5.41, 5.74) is 3.88. The zero-order valence-corrected chi connectivity index (χ0v) is 17.0. The number of hydrogen-bond donors (Lipinski definition) is 0. The highest BCUT2D eigenvalue weighted by molar-refractivity contribution is 6.23. The zero-order chi connectivity index (χ0) is 21.4. The van der Waals surface area contributed by atoms with Crippen LogP contribution in [0.5, 0.6) is 0 Å². The fraction of sp³-hybridized carbons (Fsp3) is 0.333. The Morgan fingerprint density at radius 2 is 1.52 bits per heavy atom. The van der Waals surface area contributed by atoms with Crippen molar-refractivity contribution in [3.8, 4) is 0 Å². The molecule has 4 heterocycles. The third-order valence-electron chi connectivity index (χ3n) is 6.92. The van der Waals surface area contributed by atoms with Crippen molar-refractivity contribution in [3.05, 3.63) is 65.2 Å². The van der Waals surface area contributed by atoms with Crippen molar-refractivity contribution >= 4 is 29.0 Å². The minimum absolute atomic E-state index is 0.0677. The molecular weight excluding hydrogens is 396 g/mol. The predicted molar refractivity (Wildman–Crippen MR) is 111 cm³/mol. The van der Waals surface area contributed by atoms with Gasteiger partial charge in [-0.1, -0.05) is 35.0 Å². The maximum Gasteiger partial charge on any atom is 0.240 e. The van der Waals surface area contributed by atoms with Crippen LogP contribution < -0.4 is 4.90 Å². The number of benzene rings is 2. The van der Waals surface area contributed by atoms with E-state index < -0.39 is 24.0 Å². The second kappa shape index (κ2) is 6.34. The van der Waals surface area contributed by atoms with E-state index in [1.54, 1.807) is 24.3 Å². The van der Waals surface area contributed by atoms with Crippen LogP contribution >= 0.6 is 0 Å². The number of imide groups is 1. The Balaban J connectivity index is 1.32. The van der Waals surface area contributed by atoms with Crippen molar-refractivity contribution in [3.63, 3.8) is 0 Å². The minimum atomic E-state index is -0.571. The molecule has 156 valence electrons. The van der Waals surface area contributed by atoms with E-state index in [1.165, 1.54) is 11.8 Å². The number of rotatable bonds is 3. The predicted octanol–water partition coefficient (Wildman–Crippen LogP) is 2.50. The summed E-state index contributed by atoms with van der Waals surface area (Å²) in [4.78, 5) is 45.1. The summed E-state index contributed by atoms with van der Waals surface area (Å²) in [6, 6.07) is 14.6. The highest BCUT2D eigenvalue weighted by atomic mass is 16.7. The Labute approximate surface area is 178 Å². The van der Waals surface area contributed by atoms with E-state index in [1.807, 2.05) is 31.2 Å². The first-order valence-electron chi connectivity index (χ1n) is 10.4. The number of carbonyl (C=O) groups excluding carboxylic acids is 3. The van der Waals surface area contributed by atoms with Gasteiger partial charge in [-0.25, -0.2) is 4.90 Å². The molecule has 4 aliphatic rings. The second-order valence-corrected chi connectivity index (χ2v) is 8.67. The van der Waals surface area contributed by atoms with Crippen LogP contribution in [0.2, 0.25) is 0 Å². The second-order valence-electron chi connectivity index (χ2n) is 8.67. The molecule has 2 amide bonds. The number of carbonyl (C=O) groups is 3. The van der Waals surface area contributed by atoms with E-state index in [9.17, 15) is 14.4 Å². The Kier molecular flexibility index (Phi) is 3.77. The molecule has 7 heteroatoms. The molecule has 3 fully saturated rings. The van der Waals surface area contributed by atoms with Crippen molar-refractivity contribution in [1.29, 1.82) is 0 Å². The normalized spacial score (nSPS) is 32.7. The van der Waals surface area contributed by atoms with Crippen molar-refractivity contribution in [1.82, 2.24) is 0 Å². The zero-order valence-electron chi connectivity index (χ0n) is 17.0. The number of nitrogens with zero attached hydrogens (tertiary/aromatic N) is 2. The molecular formula is C24H20N2O5. The van der Waals surface area contributed by atoms with Crippen LogP contribution in [-0.4, -0.2) is 41.6 Å². The number of ether oxygens (including phenoxy) is 1. The molecule has 0 radical (unpaired) electrons. The molecule has 2 bridgehead atoms. The van der Waals surface area contributed by atoms with Gasteiger partial charge in [0.2, 0.25) is 11.8 Å². The Morgan fingerprint density at radius 1 is 0.871 bits per heavy atom. The number of anilines is 1. The number of Topliss-reactive ketones (excluding diaryl/α,β-unsaturated/α-hetero) is 1. The van der Waals surface area contributed by atoms with Crippen LogP contribution in [0.3, 0.4) is 0 Å². The lowest BCUT2D eigenvalue weighted by Crippen LogP contribution is -2.45. The smallest absolute Gasteiger partial charge is 0.240 e. The minimum Gasteiger partial charge on any atom is -0.389 e. The molecule has 0 saturated carbocycles. The average Bonchev–Trinajstić information content (AvgIpc) is 3.49. The van der Waals surface area contributed by atoms with Crippen molar-refractivity contribution < 1.29 is 24.0 Å². The van der Waals surface area contributed by atoms with Gasteiger partial charge in [0.25, 0.3) is 0 Å². The van der Waals surface area contributed by atoms with Gasteiger partial charge in [-0.2, -0.15) is 0 Å². The molecule has 6 rings (SSSR count). The van der Waals surface area contributed by atoms with Gasteiger partial charge < -0.3 is 9.57 Å². The summed E-state index contributed by atoms with van der Waals surface area (Å²) < 4.78 is 6.14. The summed E-state index contributed by atoms with van der Waals surface area (Å²) in [7, 11) is 0. The fourth-order valence-electron chi connectivity index (χ4n) is 5.42. The molecule has 31 heavy (non-hydrogen) atoms. The largest absolute Gasteiger partial charge is 0.389 e. The van der Waals surface area contributed by atoms with Gasteiger partial charge in [-0.3, -0.25) is 14.4 Å². The van der Waals surface area contributed by atoms with Gasteiger partial charge >= 0.3 is 0 Å². The molecule has 0 N–H and O–H groups in total. The first-order chi connectivity index (χ1) is 15.0. The van der Waals surface area contributed by atoms with Gasteiger partial charge in [-0.05, 0) is 43.7 Å². The SMILES string of the molecule is CC(=O)c1ccc(N2C(=O)[C@@H]3[C@H]4O[C@H]([C@H]5ON=C(c6ccc(C)cc6)[C@H]54)[C@@H]3C2=O)cc1. The summed E-state index contributed by atoms with van der Waals surface area (Å²) in [5.74, 6) is -1.90. The Morgan fingerprint density at radius 3 is 2.16 bits per heavy atom. The molecule has 0 aromatic heterocycles. The van der Waals surface area contributed by atoms with Crippen LogP contribution in [0.15, 0.2) is 53.7 Å². The number of fused-ring (bicyclic) bond motifs is 8. The van der Waals surface area contributed by atoms with E-state index in [2.05, 4.69) is 5.16 Å². The molecule has 0 spiro atoms. The van der Waals surface area contributed by atoms with Gasteiger partial charge in [0.05, 0.1) is 35.3 Å². The summed E-state index contributed by atoms with van der Waals surface area (Å²) >= 11 is 0. The number of ketones is 1. The van der Waals surface area contributed by atoms with Crippen LogP contribution in [0.1, 0.15) is 28.4 Å². The molecule has 2 aromatic carbocycles. The summed E-state index contributed by atoms with van der Waals surface area (Å²) in [5, 5.41) is 4.31. The van der Waals surface area contributed by atoms with Crippen LogP contribution in [0.25, 0.3) is 0 Å². The van der Waals surface area contributed by atoms with Gasteiger partial charge in [0, 0.05) is 5.56 Å². The average molecular weight is 416 g/mol. The van der Waals surface area contributed by atoms with E-state index in [4.69, 9.17) is 9.57 Å². The van der Waals surface area contributed by atoms with Gasteiger partial charge in [-0.15, -0.1) is 0 Å². The van der Waals surface area contributed by atoms with E-state index in [0.717, 1.165) is 16.8 Å². The molecule has 6 atom stereocenters. The summed E-state index contributed by atoms with van der Waals surface area (Å²) in [6.07, 6.45) is -1.30. The van der Waals surface area contributed by atoms with Crippen molar-refractivity contribution in [2.45, 2.75) is 32.2 Å². The van der Waals surface area contributed by atoms with Gasteiger partial charge in [0.1, 0.15) is 6.10 Å². The number of amides is 2. The van der Waals surface area contributed by atoms with Crippen LogP contribution in [0.4, 0.5) is 5.69 Å². The molecule has 4 aliphatic heterocycles. The Bertz CT molecular complexity index is 1150. The van der Waals surface area contributed by atoms with Crippen LogP contribution in [0, 0.1) is 24.7 Å². The highest BCUT2D eigenvalue weighted by Gasteiger charge is 2.72. The maximum atomic E-state index is 13.4. The lowest BCUT2D eigenvalue weighted by atomic mass is 9.71. The van der Waals surface area contributed by atoms with E-state index >= 15 is 0 Å². The number of aryl methyl sites for hydroxylation is 1. The van der Waals surface area contributed by atoms with Crippen molar-refractivity contribution in [2.24, 2.45) is 22.9 Å². The highest BCUT2D eigenvalue weighted by Crippen LogP contribution is 2.55. The van der Waals surface area contributed by atoms with E-state index in [0.29, 0.717) is 11.3 Å². The van der Waals surface area contributed by atoms with Crippen molar-refractivity contribution in [2.75, 3.05) is 4.90 Å². The maximum absolute atomic E-state index is 13.4. The topological polar surface area (TPSA) is 85.3 Å². The number of hydrogen-bond acceptors (Lipinski definition) is 6. The standard InChI is InChI=1S/C24H20N2O5/c1-11-3-5-14(6-4-11)19-18-20-16-17(21(30-20)22(18)31-25-19)24(29)26(23(16)28)15-9-7-13(8-10-15)12(2)27/h3-10,16-18,20-22H,1-2H3/t16-,17+,18-,20+,21-,22-/m0/s1. The third kappa shape index (κ3) is 2.44. The lowest BCUT2D eigenvalue weighted by molar-refractivity contribution is -0.125. The van der Waals surface area contributed by atoms with Crippen LogP contribution in [-0.2, 0) is 19.2 Å². The molecule has 2 aromatic rings. The number of oxime groups is 1. The lowest BCUT2D eigenvalue weighted by Gasteiger charge is -2.26. The molecule has 7 nitrogen and oxygen atoms in total. The monoisotopic (exact) mass is 416 g/mol. The van der Waals surface area contributed by atoms with Gasteiger partial charge in [0.15, 0.2) is 11.9 Å². The molecule has 0 unspecified atom stereocenters.